The Bertz CT molecular complexity index is 732. The fraction of sp³-hybridized carbons (Fsp3) is 0.429. The summed E-state index contributed by atoms with van der Waals surface area (Å²) in [6, 6.07) is 10.9. The molecule has 5 nitrogen and oxygen atoms in total. The first-order valence-corrected chi connectivity index (χ1v) is 9.48. The summed E-state index contributed by atoms with van der Waals surface area (Å²) in [7, 11) is 2.05. The third-order valence-corrected chi connectivity index (χ3v) is 5.06. The van der Waals surface area contributed by atoms with Crippen LogP contribution >= 0.6 is 0 Å². The molecule has 1 aliphatic rings. The van der Waals surface area contributed by atoms with Crippen LogP contribution in [0, 0.1) is 5.82 Å². The van der Waals surface area contributed by atoms with Crippen molar-refractivity contribution < 1.29 is 9.18 Å². The molecule has 1 amide bonds. The summed E-state index contributed by atoms with van der Waals surface area (Å²) in [5.41, 5.74) is 1.88. The molecule has 0 unspecified atom stereocenters. The van der Waals surface area contributed by atoms with Gasteiger partial charge in [-0.25, -0.2) is 4.39 Å². The third kappa shape index (κ3) is 5.50. The highest BCUT2D eigenvalue weighted by Crippen LogP contribution is 2.20. The van der Waals surface area contributed by atoms with E-state index in [1.165, 1.54) is 11.6 Å². The van der Waals surface area contributed by atoms with E-state index in [1.807, 2.05) is 35.0 Å². The number of carbonyl (C=O) groups excluding carboxylic acids is 1. The van der Waals surface area contributed by atoms with Crippen LogP contribution in [-0.4, -0.2) is 67.0 Å². The highest BCUT2D eigenvalue weighted by molar-refractivity contribution is 5.76. The molecule has 2 heterocycles. The number of likely N-dealkylation sites (N-methyl/N-ethyl adjacent to an activating group) is 1. The van der Waals surface area contributed by atoms with Crippen molar-refractivity contribution in [3.8, 4) is 0 Å². The van der Waals surface area contributed by atoms with Crippen molar-refractivity contribution in [2.24, 2.45) is 0 Å². The molecule has 0 bridgehead atoms. The summed E-state index contributed by atoms with van der Waals surface area (Å²) < 4.78 is 13.9. The van der Waals surface area contributed by atoms with E-state index < -0.39 is 0 Å². The van der Waals surface area contributed by atoms with Gasteiger partial charge in [0.05, 0.1) is 5.69 Å². The van der Waals surface area contributed by atoms with Crippen molar-refractivity contribution in [2.75, 3.05) is 51.2 Å². The van der Waals surface area contributed by atoms with Gasteiger partial charge in [-0.3, -0.25) is 9.78 Å². The number of nitrogens with zero attached hydrogens (tertiary/aromatic N) is 4. The van der Waals surface area contributed by atoms with Gasteiger partial charge in [-0.05, 0) is 43.3 Å². The average molecular weight is 370 g/mol. The van der Waals surface area contributed by atoms with Crippen LogP contribution in [0.2, 0.25) is 0 Å². The van der Waals surface area contributed by atoms with E-state index in [0.29, 0.717) is 38.3 Å². The summed E-state index contributed by atoms with van der Waals surface area (Å²) in [5, 5.41) is 0. The summed E-state index contributed by atoms with van der Waals surface area (Å²) in [6.07, 6.45) is 5.08. The molecule has 1 fully saturated rings. The number of carbonyl (C=O) groups is 1. The molecule has 27 heavy (non-hydrogen) atoms. The van der Waals surface area contributed by atoms with Crippen LogP contribution in [0.15, 0.2) is 48.8 Å². The van der Waals surface area contributed by atoms with Crippen LogP contribution in [0.3, 0.4) is 0 Å². The normalized spacial score (nSPS) is 14.6. The molecule has 0 spiro atoms. The van der Waals surface area contributed by atoms with Gasteiger partial charge in [0.25, 0.3) is 0 Å². The standard InChI is InChI=1S/C21H27FN4O/c1-24(12-8-18-6-10-23-11-7-18)13-9-21(27)26-16-14-25(15-17-26)20-5-3-2-4-19(20)22/h2-7,10-11H,8-9,12-17H2,1H3. The fourth-order valence-corrected chi connectivity index (χ4v) is 3.33. The predicted octanol–water partition coefficient (Wildman–Crippen LogP) is 2.43. The topological polar surface area (TPSA) is 39.7 Å². The number of aromatic nitrogens is 1. The van der Waals surface area contributed by atoms with Gasteiger partial charge in [0.2, 0.25) is 5.91 Å². The Hall–Kier alpha value is -2.47. The van der Waals surface area contributed by atoms with E-state index in [2.05, 4.69) is 9.88 Å². The molecular formula is C21H27FN4O. The molecule has 1 aliphatic heterocycles. The van der Waals surface area contributed by atoms with E-state index in [9.17, 15) is 9.18 Å². The number of hydrogen-bond donors (Lipinski definition) is 0. The van der Waals surface area contributed by atoms with E-state index in [0.717, 1.165) is 19.5 Å². The van der Waals surface area contributed by atoms with Gasteiger partial charge < -0.3 is 14.7 Å². The van der Waals surface area contributed by atoms with Crippen molar-refractivity contribution in [2.45, 2.75) is 12.8 Å². The summed E-state index contributed by atoms with van der Waals surface area (Å²) in [5.74, 6) is -0.0213. The summed E-state index contributed by atoms with van der Waals surface area (Å²) in [4.78, 5) is 22.6. The second kappa shape index (κ2) is 9.46. The van der Waals surface area contributed by atoms with E-state index in [-0.39, 0.29) is 11.7 Å². The molecule has 0 atom stereocenters. The molecule has 144 valence electrons. The number of para-hydroxylation sites is 1. The summed E-state index contributed by atoms with van der Waals surface area (Å²) >= 11 is 0. The number of amides is 1. The van der Waals surface area contributed by atoms with Crippen LogP contribution in [0.5, 0.6) is 0 Å². The van der Waals surface area contributed by atoms with Gasteiger partial charge in [0.1, 0.15) is 5.82 Å². The third-order valence-electron chi connectivity index (χ3n) is 5.06. The van der Waals surface area contributed by atoms with Crippen LogP contribution in [0.1, 0.15) is 12.0 Å². The number of pyridine rings is 1. The zero-order valence-electron chi connectivity index (χ0n) is 15.9. The van der Waals surface area contributed by atoms with Gasteiger partial charge in [-0.15, -0.1) is 0 Å². The minimum Gasteiger partial charge on any atom is -0.366 e. The Morgan fingerprint density at radius 3 is 2.48 bits per heavy atom. The van der Waals surface area contributed by atoms with Gasteiger partial charge in [0.15, 0.2) is 0 Å². The first-order chi connectivity index (χ1) is 13.1. The molecule has 2 aromatic rings. The van der Waals surface area contributed by atoms with Crippen LogP contribution in [-0.2, 0) is 11.2 Å². The Kier molecular flexibility index (Phi) is 6.76. The van der Waals surface area contributed by atoms with Crippen molar-refractivity contribution in [3.05, 3.63) is 60.2 Å². The molecule has 6 heteroatoms. The summed E-state index contributed by atoms with van der Waals surface area (Å²) in [6.45, 7) is 4.30. The van der Waals surface area contributed by atoms with Crippen molar-refractivity contribution in [3.63, 3.8) is 0 Å². The van der Waals surface area contributed by atoms with Crippen molar-refractivity contribution in [1.29, 1.82) is 0 Å². The zero-order valence-corrected chi connectivity index (χ0v) is 15.9. The maximum atomic E-state index is 13.9. The molecule has 1 aromatic carbocycles. The number of benzene rings is 1. The molecule has 3 rings (SSSR count). The molecule has 0 N–H and O–H groups in total. The zero-order chi connectivity index (χ0) is 19.1. The Balaban J connectivity index is 1.38. The lowest BCUT2D eigenvalue weighted by molar-refractivity contribution is -0.131. The lowest BCUT2D eigenvalue weighted by atomic mass is 10.2. The van der Waals surface area contributed by atoms with Gasteiger partial charge in [-0.1, -0.05) is 12.1 Å². The van der Waals surface area contributed by atoms with Crippen LogP contribution < -0.4 is 4.90 Å². The second-order valence-electron chi connectivity index (χ2n) is 6.98. The first kappa shape index (κ1) is 19.3. The minimum atomic E-state index is -0.201. The number of piperazine rings is 1. The predicted molar refractivity (Wildman–Crippen MR) is 105 cm³/mol. The molecule has 1 saturated heterocycles. The highest BCUT2D eigenvalue weighted by atomic mass is 19.1. The van der Waals surface area contributed by atoms with Crippen LogP contribution in [0.25, 0.3) is 0 Å². The quantitative estimate of drug-likeness (QED) is 0.751. The number of rotatable bonds is 7. The van der Waals surface area contributed by atoms with Crippen LogP contribution in [0.4, 0.5) is 10.1 Å². The Morgan fingerprint density at radius 1 is 1.07 bits per heavy atom. The van der Waals surface area contributed by atoms with E-state index >= 15 is 0 Å². The largest absolute Gasteiger partial charge is 0.366 e. The SMILES string of the molecule is CN(CCC(=O)N1CCN(c2ccccc2F)CC1)CCc1ccncc1. The molecule has 0 aliphatic carbocycles. The molecular weight excluding hydrogens is 343 g/mol. The molecule has 0 saturated carbocycles. The smallest absolute Gasteiger partial charge is 0.223 e. The Morgan fingerprint density at radius 2 is 1.78 bits per heavy atom. The average Bonchev–Trinajstić information content (AvgIpc) is 2.72. The lowest BCUT2D eigenvalue weighted by Gasteiger charge is -2.36. The van der Waals surface area contributed by atoms with Gasteiger partial charge in [-0.2, -0.15) is 0 Å². The van der Waals surface area contributed by atoms with Crippen molar-refractivity contribution in [1.82, 2.24) is 14.8 Å². The number of anilines is 1. The second-order valence-corrected chi connectivity index (χ2v) is 6.98. The highest BCUT2D eigenvalue weighted by Gasteiger charge is 2.22. The monoisotopic (exact) mass is 370 g/mol. The van der Waals surface area contributed by atoms with E-state index in [4.69, 9.17) is 0 Å². The first-order valence-electron chi connectivity index (χ1n) is 9.48. The molecule has 0 radical (unpaired) electrons. The van der Waals surface area contributed by atoms with Gasteiger partial charge in [0, 0.05) is 58.1 Å². The number of hydrogen-bond acceptors (Lipinski definition) is 4. The van der Waals surface area contributed by atoms with Gasteiger partial charge >= 0.3 is 0 Å². The maximum Gasteiger partial charge on any atom is 0.223 e. The Labute approximate surface area is 160 Å². The fourth-order valence-electron chi connectivity index (χ4n) is 3.33. The lowest BCUT2D eigenvalue weighted by Crippen LogP contribution is -2.49. The maximum absolute atomic E-state index is 13.9. The molecule has 1 aromatic heterocycles. The number of halogens is 1. The minimum absolute atomic E-state index is 0.180. The van der Waals surface area contributed by atoms with Crippen molar-refractivity contribution >= 4 is 11.6 Å². The van der Waals surface area contributed by atoms with E-state index in [1.54, 1.807) is 24.5 Å².